The van der Waals surface area contributed by atoms with Gasteiger partial charge in [-0.05, 0) is 12.1 Å². The van der Waals surface area contributed by atoms with E-state index in [0.29, 0.717) is 5.82 Å². The van der Waals surface area contributed by atoms with Crippen molar-refractivity contribution < 1.29 is 0 Å². The molecule has 3 aromatic carbocycles. The highest BCUT2D eigenvalue weighted by Gasteiger charge is 2.12. The molecule has 0 aliphatic heterocycles. The molecule has 3 nitrogen and oxygen atoms in total. The molecule has 3 heteroatoms. The molecule has 2 N–H and O–H groups in total. The monoisotopic (exact) mass is 297 g/mol. The van der Waals surface area contributed by atoms with Gasteiger partial charge in [-0.15, -0.1) is 0 Å². The molecular formula is C20H15N3. The molecule has 0 spiro atoms. The highest BCUT2D eigenvalue weighted by Crippen LogP contribution is 2.31. The van der Waals surface area contributed by atoms with Crippen molar-refractivity contribution in [3.63, 3.8) is 0 Å². The van der Waals surface area contributed by atoms with Crippen LogP contribution in [0.25, 0.3) is 33.5 Å². The predicted octanol–water partition coefficient (Wildman–Crippen LogP) is 4.55. The van der Waals surface area contributed by atoms with Crippen LogP contribution in [-0.4, -0.2) is 9.97 Å². The summed E-state index contributed by atoms with van der Waals surface area (Å²) in [4.78, 5) is 9.52. The maximum atomic E-state index is 6.17. The summed E-state index contributed by atoms with van der Waals surface area (Å²) in [6.45, 7) is 0. The van der Waals surface area contributed by atoms with E-state index in [2.05, 4.69) is 0 Å². The number of para-hydroxylation sites is 2. The first-order valence-corrected chi connectivity index (χ1v) is 7.50. The quantitative estimate of drug-likeness (QED) is 0.552. The molecule has 0 radical (unpaired) electrons. The highest BCUT2D eigenvalue weighted by atomic mass is 14.9. The van der Waals surface area contributed by atoms with Gasteiger partial charge in [-0.25, -0.2) is 9.97 Å². The second-order valence-electron chi connectivity index (χ2n) is 5.37. The molecule has 0 fully saturated rings. The van der Waals surface area contributed by atoms with E-state index in [1.54, 1.807) is 0 Å². The normalized spacial score (nSPS) is 10.8. The Morgan fingerprint density at radius 1 is 0.652 bits per heavy atom. The Hall–Kier alpha value is -3.20. The molecule has 0 amide bonds. The summed E-state index contributed by atoms with van der Waals surface area (Å²) in [6.07, 6.45) is 0. The molecule has 0 bridgehead atoms. The van der Waals surface area contributed by atoms with Gasteiger partial charge in [0.1, 0.15) is 0 Å². The summed E-state index contributed by atoms with van der Waals surface area (Å²) in [5.74, 6) is 0.711. The summed E-state index contributed by atoms with van der Waals surface area (Å²) in [5, 5.41) is 1.00. The van der Waals surface area contributed by atoms with E-state index in [1.807, 2.05) is 78.9 Å². The first-order chi connectivity index (χ1) is 11.3. The number of nitrogens with zero attached hydrogens (tertiary/aromatic N) is 2. The third-order valence-corrected chi connectivity index (χ3v) is 3.85. The number of anilines is 1. The van der Waals surface area contributed by atoms with Crippen LogP contribution < -0.4 is 5.73 Å². The molecule has 1 aromatic heterocycles. The summed E-state index contributed by atoms with van der Waals surface area (Å²) in [5.41, 5.74) is 10.6. The third-order valence-electron chi connectivity index (χ3n) is 3.85. The minimum Gasteiger partial charge on any atom is -0.398 e. The van der Waals surface area contributed by atoms with Crippen molar-refractivity contribution in [2.45, 2.75) is 0 Å². The minimum atomic E-state index is 0.711. The third kappa shape index (κ3) is 2.42. The van der Waals surface area contributed by atoms with Crippen molar-refractivity contribution in [2.75, 3.05) is 5.73 Å². The van der Waals surface area contributed by atoms with Crippen LogP contribution in [-0.2, 0) is 0 Å². The standard InChI is InChI=1S/C20H15N3/c21-17-12-6-4-10-15(17)19-16-11-5-7-13-18(16)22-20(23-19)14-8-2-1-3-9-14/h1-13H,21H2. The summed E-state index contributed by atoms with van der Waals surface area (Å²) in [6, 6.07) is 25.8. The number of aromatic nitrogens is 2. The number of benzene rings is 3. The van der Waals surface area contributed by atoms with Gasteiger partial charge in [-0.1, -0.05) is 66.7 Å². The van der Waals surface area contributed by atoms with Crippen molar-refractivity contribution >= 4 is 16.6 Å². The molecule has 1 heterocycles. The van der Waals surface area contributed by atoms with E-state index >= 15 is 0 Å². The predicted molar refractivity (Wildman–Crippen MR) is 94.8 cm³/mol. The maximum Gasteiger partial charge on any atom is 0.160 e. The number of hydrogen-bond donors (Lipinski definition) is 1. The van der Waals surface area contributed by atoms with Crippen molar-refractivity contribution in [1.82, 2.24) is 9.97 Å². The van der Waals surface area contributed by atoms with E-state index in [0.717, 1.165) is 33.4 Å². The van der Waals surface area contributed by atoms with Gasteiger partial charge in [0.05, 0.1) is 11.2 Å². The van der Waals surface area contributed by atoms with Crippen molar-refractivity contribution in [3.8, 4) is 22.6 Å². The zero-order valence-electron chi connectivity index (χ0n) is 12.5. The van der Waals surface area contributed by atoms with Crippen LogP contribution in [0.4, 0.5) is 5.69 Å². The fourth-order valence-corrected chi connectivity index (χ4v) is 2.71. The van der Waals surface area contributed by atoms with E-state index < -0.39 is 0 Å². The van der Waals surface area contributed by atoms with Crippen LogP contribution in [0.1, 0.15) is 0 Å². The Labute approximate surface area is 134 Å². The highest BCUT2D eigenvalue weighted by molar-refractivity contribution is 5.96. The fraction of sp³-hybridized carbons (Fsp3) is 0. The number of rotatable bonds is 2. The van der Waals surface area contributed by atoms with E-state index in [1.165, 1.54) is 0 Å². The Morgan fingerprint density at radius 2 is 1.35 bits per heavy atom. The van der Waals surface area contributed by atoms with Gasteiger partial charge >= 0.3 is 0 Å². The largest absolute Gasteiger partial charge is 0.398 e. The summed E-state index contributed by atoms with van der Waals surface area (Å²) < 4.78 is 0. The molecule has 110 valence electrons. The molecule has 4 aromatic rings. The van der Waals surface area contributed by atoms with E-state index in [9.17, 15) is 0 Å². The molecule has 0 aliphatic rings. The summed E-state index contributed by atoms with van der Waals surface area (Å²) in [7, 11) is 0. The average molecular weight is 297 g/mol. The second-order valence-corrected chi connectivity index (χ2v) is 5.37. The first-order valence-electron chi connectivity index (χ1n) is 7.50. The number of fused-ring (bicyclic) bond motifs is 1. The molecule has 0 atom stereocenters. The SMILES string of the molecule is Nc1ccccc1-c1nc(-c2ccccc2)nc2ccccc12. The lowest BCUT2D eigenvalue weighted by Crippen LogP contribution is -1.97. The Bertz CT molecular complexity index is 978. The molecular weight excluding hydrogens is 282 g/mol. The number of nitrogens with two attached hydrogens (primary N) is 1. The van der Waals surface area contributed by atoms with Crippen LogP contribution in [0.3, 0.4) is 0 Å². The van der Waals surface area contributed by atoms with Crippen molar-refractivity contribution in [1.29, 1.82) is 0 Å². The number of hydrogen-bond acceptors (Lipinski definition) is 3. The van der Waals surface area contributed by atoms with Crippen LogP contribution in [0.15, 0.2) is 78.9 Å². The Morgan fingerprint density at radius 3 is 2.17 bits per heavy atom. The fourth-order valence-electron chi connectivity index (χ4n) is 2.71. The van der Waals surface area contributed by atoms with Gasteiger partial charge in [0.2, 0.25) is 0 Å². The number of nitrogen functional groups attached to an aromatic ring is 1. The Balaban J connectivity index is 2.04. The second kappa shape index (κ2) is 5.54. The van der Waals surface area contributed by atoms with Gasteiger partial charge < -0.3 is 5.73 Å². The first kappa shape index (κ1) is 13.5. The summed E-state index contributed by atoms with van der Waals surface area (Å²) >= 11 is 0. The maximum absolute atomic E-state index is 6.17. The van der Waals surface area contributed by atoms with E-state index in [-0.39, 0.29) is 0 Å². The molecule has 0 aliphatic carbocycles. The lowest BCUT2D eigenvalue weighted by atomic mass is 10.0. The van der Waals surface area contributed by atoms with Gasteiger partial charge in [0, 0.05) is 22.2 Å². The minimum absolute atomic E-state index is 0.711. The van der Waals surface area contributed by atoms with Crippen LogP contribution in [0.2, 0.25) is 0 Å². The average Bonchev–Trinajstić information content (AvgIpc) is 2.62. The topological polar surface area (TPSA) is 51.8 Å². The zero-order valence-corrected chi connectivity index (χ0v) is 12.5. The van der Waals surface area contributed by atoms with Crippen LogP contribution >= 0.6 is 0 Å². The van der Waals surface area contributed by atoms with Crippen molar-refractivity contribution in [3.05, 3.63) is 78.9 Å². The molecule has 0 unspecified atom stereocenters. The van der Waals surface area contributed by atoms with Crippen LogP contribution in [0.5, 0.6) is 0 Å². The molecule has 23 heavy (non-hydrogen) atoms. The zero-order chi connectivity index (χ0) is 15.6. The van der Waals surface area contributed by atoms with Gasteiger partial charge in [0.15, 0.2) is 5.82 Å². The Kier molecular flexibility index (Phi) is 3.24. The van der Waals surface area contributed by atoms with Crippen LogP contribution in [0, 0.1) is 0 Å². The van der Waals surface area contributed by atoms with Gasteiger partial charge in [-0.3, -0.25) is 0 Å². The molecule has 0 saturated carbocycles. The lowest BCUT2D eigenvalue weighted by Gasteiger charge is -2.10. The van der Waals surface area contributed by atoms with Gasteiger partial charge in [-0.2, -0.15) is 0 Å². The van der Waals surface area contributed by atoms with Crippen molar-refractivity contribution in [2.24, 2.45) is 0 Å². The van der Waals surface area contributed by atoms with Gasteiger partial charge in [0.25, 0.3) is 0 Å². The molecule has 4 rings (SSSR count). The smallest absolute Gasteiger partial charge is 0.160 e. The lowest BCUT2D eigenvalue weighted by molar-refractivity contribution is 1.23. The van der Waals surface area contributed by atoms with E-state index in [4.69, 9.17) is 15.7 Å². The molecule has 0 saturated heterocycles.